The average Bonchev–Trinajstić information content (AvgIpc) is 1.90. The summed E-state index contributed by atoms with van der Waals surface area (Å²) in [5, 5.41) is 0. The van der Waals surface area contributed by atoms with Crippen LogP contribution < -0.4 is 0 Å². The molecule has 1 fully saturated rings. The summed E-state index contributed by atoms with van der Waals surface area (Å²) in [5.74, 6) is 0. The zero-order valence-corrected chi connectivity index (χ0v) is 7.63. The molecule has 0 N–H and O–H groups in total. The Morgan fingerprint density at radius 3 is 2.33 bits per heavy atom. The molecule has 0 amide bonds. The number of hydrogen-bond donors (Lipinski definition) is 0. The fourth-order valence-corrected chi connectivity index (χ4v) is 1.19. The van der Waals surface area contributed by atoms with Gasteiger partial charge in [0, 0.05) is 0 Å². The molecule has 1 heterocycles. The first kappa shape index (κ1) is 7.75. The Balaban J connectivity index is 2.23. The lowest BCUT2D eigenvalue weighted by Crippen LogP contribution is -2.30. The van der Waals surface area contributed by atoms with Gasteiger partial charge in [0.15, 0.2) is 6.29 Å². The molecular weight excluding hydrogens is 231 g/mol. The van der Waals surface area contributed by atoms with E-state index in [0.717, 1.165) is 19.6 Å². The largest absolute Gasteiger partial charge is 0.351 e. The van der Waals surface area contributed by atoms with E-state index in [2.05, 4.69) is 29.5 Å². The van der Waals surface area contributed by atoms with Gasteiger partial charge in [-0.15, -0.1) is 0 Å². The lowest BCUT2D eigenvalue weighted by atomic mass is 10.4. The lowest BCUT2D eigenvalue weighted by molar-refractivity contribution is -0.173. The number of ether oxygens (including phenoxy) is 2. The van der Waals surface area contributed by atoms with Crippen LogP contribution in [0.3, 0.4) is 0 Å². The van der Waals surface area contributed by atoms with Crippen LogP contribution in [0.4, 0.5) is 0 Å². The van der Waals surface area contributed by atoms with Crippen LogP contribution in [0.1, 0.15) is 13.3 Å². The second kappa shape index (κ2) is 3.73. The number of alkyl halides is 1. The van der Waals surface area contributed by atoms with Crippen LogP contribution in [0.2, 0.25) is 0 Å². The zero-order valence-electron chi connectivity index (χ0n) is 5.47. The van der Waals surface area contributed by atoms with Gasteiger partial charge < -0.3 is 9.47 Å². The summed E-state index contributed by atoms with van der Waals surface area (Å²) in [6.07, 6.45) is 1.08. The molecule has 1 rings (SSSR count). The lowest BCUT2D eigenvalue weighted by Gasteiger charge is -2.24. The quantitative estimate of drug-likeness (QED) is 0.513. The zero-order chi connectivity index (χ0) is 6.69. The molecular formula is C6H11IO2. The van der Waals surface area contributed by atoms with Gasteiger partial charge in [0.25, 0.3) is 0 Å². The van der Waals surface area contributed by atoms with Crippen LogP contribution >= 0.6 is 22.6 Å². The second-order valence-corrected chi connectivity index (χ2v) is 4.11. The second-order valence-electron chi connectivity index (χ2n) is 2.14. The predicted octanol–water partition coefficient (Wildman–Crippen LogP) is 1.57. The highest BCUT2D eigenvalue weighted by atomic mass is 127. The number of halogens is 1. The summed E-state index contributed by atoms with van der Waals surface area (Å²) in [4.78, 5) is 0. The molecule has 1 saturated heterocycles. The molecule has 0 aliphatic carbocycles. The van der Waals surface area contributed by atoms with E-state index in [4.69, 9.17) is 9.47 Å². The molecule has 9 heavy (non-hydrogen) atoms. The van der Waals surface area contributed by atoms with Crippen LogP contribution in [0.15, 0.2) is 0 Å². The molecule has 0 radical (unpaired) electrons. The van der Waals surface area contributed by atoms with Crippen LogP contribution in [0, 0.1) is 0 Å². The Kier molecular flexibility index (Phi) is 3.21. The minimum atomic E-state index is 0.0411. The van der Waals surface area contributed by atoms with Crippen molar-refractivity contribution in [2.45, 2.75) is 23.6 Å². The van der Waals surface area contributed by atoms with E-state index < -0.39 is 0 Å². The molecule has 2 nitrogen and oxygen atoms in total. The highest BCUT2D eigenvalue weighted by Crippen LogP contribution is 2.14. The van der Waals surface area contributed by atoms with Gasteiger partial charge >= 0.3 is 0 Å². The SMILES string of the molecule is CC(I)C1OCCCO1. The molecule has 0 spiro atoms. The summed E-state index contributed by atoms with van der Waals surface area (Å²) in [6.45, 7) is 3.81. The molecule has 0 aromatic carbocycles. The van der Waals surface area contributed by atoms with E-state index >= 15 is 0 Å². The standard InChI is InChI=1S/C6H11IO2/c1-5(7)6-8-3-2-4-9-6/h5-6H,2-4H2,1H3. The van der Waals surface area contributed by atoms with E-state index in [-0.39, 0.29) is 6.29 Å². The third kappa shape index (κ3) is 2.39. The highest BCUT2D eigenvalue weighted by Gasteiger charge is 2.18. The smallest absolute Gasteiger partial charge is 0.168 e. The predicted molar refractivity (Wildman–Crippen MR) is 43.8 cm³/mol. The van der Waals surface area contributed by atoms with E-state index in [1.807, 2.05) is 0 Å². The van der Waals surface area contributed by atoms with E-state index in [9.17, 15) is 0 Å². The summed E-state index contributed by atoms with van der Waals surface area (Å²) < 4.78 is 11.1. The molecule has 1 aliphatic rings. The Morgan fingerprint density at radius 1 is 1.44 bits per heavy atom. The fourth-order valence-electron chi connectivity index (χ4n) is 0.771. The molecule has 1 atom stereocenters. The van der Waals surface area contributed by atoms with Crippen molar-refractivity contribution in [1.29, 1.82) is 0 Å². The Labute approximate surface area is 69.0 Å². The molecule has 1 unspecified atom stereocenters. The first-order chi connectivity index (χ1) is 4.30. The summed E-state index contributed by atoms with van der Waals surface area (Å²) in [6, 6.07) is 0. The highest BCUT2D eigenvalue weighted by molar-refractivity contribution is 14.1. The van der Waals surface area contributed by atoms with Crippen LogP contribution in [0.5, 0.6) is 0 Å². The molecule has 54 valence electrons. The van der Waals surface area contributed by atoms with Crippen molar-refractivity contribution in [2.75, 3.05) is 13.2 Å². The summed E-state index contributed by atoms with van der Waals surface area (Å²) in [5.41, 5.74) is 0. The maximum atomic E-state index is 5.31. The third-order valence-corrected chi connectivity index (χ3v) is 1.82. The third-order valence-electron chi connectivity index (χ3n) is 1.23. The average molecular weight is 242 g/mol. The van der Waals surface area contributed by atoms with Crippen LogP contribution in [-0.4, -0.2) is 23.4 Å². The van der Waals surface area contributed by atoms with Gasteiger partial charge in [-0.3, -0.25) is 0 Å². The normalized spacial score (nSPS) is 26.0. The molecule has 3 heteroatoms. The van der Waals surface area contributed by atoms with Gasteiger partial charge in [0.05, 0.1) is 17.1 Å². The van der Waals surface area contributed by atoms with E-state index in [1.165, 1.54) is 0 Å². The Bertz CT molecular complexity index is 79.1. The monoisotopic (exact) mass is 242 g/mol. The van der Waals surface area contributed by atoms with Crippen LogP contribution in [0.25, 0.3) is 0 Å². The van der Waals surface area contributed by atoms with Gasteiger partial charge in [-0.25, -0.2) is 0 Å². The van der Waals surface area contributed by atoms with Crippen LogP contribution in [-0.2, 0) is 9.47 Å². The first-order valence-corrected chi connectivity index (χ1v) is 4.42. The van der Waals surface area contributed by atoms with Crippen molar-refractivity contribution in [2.24, 2.45) is 0 Å². The van der Waals surface area contributed by atoms with Gasteiger partial charge in [0.1, 0.15) is 0 Å². The van der Waals surface area contributed by atoms with Crippen molar-refractivity contribution in [3.8, 4) is 0 Å². The van der Waals surface area contributed by atoms with Crippen molar-refractivity contribution in [1.82, 2.24) is 0 Å². The topological polar surface area (TPSA) is 18.5 Å². The first-order valence-electron chi connectivity index (χ1n) is 3.18. The van der Waals surface area contributed by atoms with E-state index in [0.29, 0.717) is 3.92 Å². The number of rotatable bonds is 1. The summed E-state index contributed by atoms with van der Waals surface area (Å²) >= 11 is 2.31. The fraction of sp³-hybridized carbons (Fsp3) is 1.00. The molecule has 0 aromatic heterocycles. The van der Waals surface area contributed by atoms with Crippen molar-refractivity contribution in [3.05, 3.63) is 0 Å². The maximum Gasteiger partial charge on any atom is 0.168 e. The minimum absolute atomic E-state index is 0.0411. The molecule has 0 aromatic rings. The van der Waals surface area contributed by atoms with Crippen molar-refractivity contribution < 1.29 is 9.47 Å². The van der Waals surface area contributed by atoms with Gasteiger partial charge in [-0.1, -0.05) is 22.6 Å². The number of hydrogen-bond acceptors (Lipinski definition) is 2. The maximum absolute atomic E-state index is 5.31. The molecule has 1 aliphatic heterocycles. The van der Waals surface area contributed by atoms with Gasteiger partial charge in [-0.2, -0.15) is 0 Å². The summed E-state index contributed by atoms with van der Waals surface area (Å²) in [7, 11) is 0. The Morgan fingerprint density at radius 2 is 2.00 bits per heavy atom. The van der Waals surface area contributed by atoms with Crippen molar-refractivity contribution in [3.63, 3.8) is 0 Å². The molecule has 0 saturated carbocycles. The van der Waals surface area contributed by atoms with Gasteiger partial charge in [0.2, 0.25) is 0 Å². The minimum Gasteiger partial charge on any atom is -0.351 e. The Hall–Kier alpha value is 0.650. The van der Waals surface area contributed by atoms with E-state index in [1.54, 1.807) is 0 Å². The van der Waals surface area contributed by atoms with Gasteiger partial charge in [-0.05, 0) is 13.3 Å². The molecule has 0 bridgehead atoms. The van der Waals surface area contributed by atoms with Crippen molar-refractivity contribution >= 4 is 22.6 Å².